The van der Waals surface area contributed by atoms with Crippen LogP contribution in [0, 0.1) is 0 Å². The fraction of sp³-hybridized carbons (Fsp3) is 0.625. The molecule has 1 aliphatic heterocycles. The number of aryl methyl sites for hydroxylation is 1. The summed E-state index contributed by atoms with van der Waals surface area (Å²) in [4.78, 5) is 0. The molecule has 0 radical (unpaired) electrons. The van der Waals surface area contributed by atoms with Crippen molar-refractivity contribution in [2.24, 2.45) is 0 Å². The Morgan fingerprint density at radius 3 is 2.35 bits per heavy atom. The van der Waals surface area contributed by atoms with E-state index in [4.69, 9.17) is 0 Å². The summed E-state index contributed by atoms with van der Waals surface area (Å²) >= 11 is 0. The summed E-state index contributed by atoms with van der Waals surface area (Å²) in [5, 5.41) is 0. The van der Waals surface area contributed by atoms with Crippen molar-refractivity contribution >= 4 is 0 Å². The normalized spacial score (nSPS) is 18.4. The predicted molar refractivity (Wildman–Crippen MR) is 74.0 cm³/mol. The van der Waals surface area contributed by atoms with E-state index in [0.29, 0.717) is 0 Å². The molecule has 0 saturated carbocycles. The summed E-state index contributed by atoms with van der Waals surface area (Å²) in [6.45, 7) is 4.23. The van der Waals surface area contributed by atoms with Gasteiger partial charge in [-0.2, -0.15) is 0 Å². The van der Waals surface area contributed by atoms with Gasteiger partial charge >= 0.3 is 0 Å². The molecule has 0 amide bonds. The second-order valence-electron chi connectivity index (χ2n) is 5.79. The van der Waals surface area contributed by atoms with E-state index in [0.717, 1.165) is 0 Å². The van der Waals surface area contributed by atoms with Crippen LogP contribution in [0.1, 0.15) is 37.7 Å². The molecule has 0 N–H and O–H groups in total. The zero-order chi connectivity index (χ0) is 12.0. The van der Waals surface area contributed by atoms with Gasteiger partial charge in [-0.15, -0.1) is 0 Å². The topological polar surface area (TPSA) is 0 Å². The lowest BCUT2D eigenvalue weighted by molar-refractivity contribution is -0.897. The van der Waals surface area contributed by atoms with Crippen molar-refractivity contribution in [1.29, 1.82) is 0 Å². The van der Waals surface area contributed by atoms with E-state index in [1.807, 2.05) is 0 Å². The Morgan fingerprint density at radius 1 is 0.941 bits per heavy atom. The molecule has 0 spiro atoms. The van der Waals surface area contributed by atoms with Crippen LogP contribution in [-0.2, 0) is 6.42 Å². The highest BCUT2D eigenvalue weighted by Crippen LogP contribution is 2.17. The zero-order valence-corrected chi connectivity index (χ0v) is 11.2. The molecule has 1 heterocycles. The van der Waals surface area contributed by atoms with Gasteiger partial charge in [0.05, 0.1) is 26.7 Å². The monoisotopic (exact) mass is 232 g/mol. The van der Waals surface area contributed by atoms with E-state index in [-0.39, 0.29) is 0 Å². The number of likely N-dealkylation sites (tertiary alicyclic amines) is 1. The molecule has 1 heteroatoms. The smallest absolute Gasteiger partial charge is 0.0786 e. The Hall–Kier alpha value is -0.820. The summed E-state index contributed by atoms with van der Waals surface area (Å²) < 4.78 is 1.34. The molecule has 1 nitrogen and oxygen atoms in total. The third kappa shape index (κ3) is 4.16. The maximum atomic E-state index is 2.43. The van der Waals surface area contributed by atoms with Crippen molar-refractivity contribution in [3.05, 3.63) is 35.9 Å². The van der Waals surface area contributed by atoms with Crippen molar-refractivity contribution in [3.8, 4) is 0 Å². The molecular formula is C16H26N+. The van der Waals surface area contributed by atoms with Gasteiger partial charge in [0.15, 0.2) is 0 Å². The van der Waals surface area contributed by atoms with Gasteiger partial charge in [0, 0.05) is 12.8 Å². The molecule has 1 aliphatic rings. The number of hydrogen-bond donors (Lipinski definition) is 0. The molecule has 0 atom stereocenters. The maximum absolute atomic E-state index is 2.43. The van der Waals surface area contributed by atoms with Crippen molar-refractivity contribution in [3.63, 3.8) is 0 Å². The predicted octanol–water partition coefficient (Wildman–Crippen LogP) is 3.64. The van der Waals surface area contributed by atoms with Gasteiger partial charge < -0.3 is 4.48 Å². The van der Waals surface area contributed by atoms with Crippen molar-refractivity contribution < 1.29 is 4.48 Å². The largest absolute Gasteiger partial charge is 0.326 e. The Balaban J connectivity index is 1.58. The first-order valence-corrected chi connectivity index (χ1v) is 7.16. The first-order chi connectivity index (χ1) is 8.29. The Kier molecular flexibility index (Phi) is 4.61. The lowest BCUT2D eigenvalue weighted by atomic mass is 10.1. The molecule has 0 unspecified atom stereocenters. The number of benzene rings is 1. The van der Waals surface area contributed by atoms with Crippen LogP contribution in [0.5, 0.6) is 0 Å². The van der Waals surface area contributed by atoms with E-state index >= 15 is 0 Å². The van der Waals surface area contributed by atoms with E-state index in [1.54, 1.807) is 0 Å². The lowest BCUT2D eigenvalue weighted by Crippen LogP contribution is -2.41. The molecule has 1 aromatic rings. The summed E-state index contributed by atoms with van der Waals surface area (Å²) in [5.74, 6) is 0. The highest BCUT2D eigenvalue weighted by atomic mass is 15.3. The lowest BCUT2D eigenvalue weighted by Gasteiger charge is -2.29. The molecule has 1 fully saturated rings. The van der Waals surface area contributed by atoms with Crippen LogP contribution in [0.15, 0.2) is 30.3 Å². The average molecular weight is 232 g/mol. The van der Waals surface area contributed by atoms with E-state index < -0.39 is 0 Å². The highest BCUT2D eigenvalue weighted by molar-refractivity contribution is 5.14. The number of nitrogens with zero attached hydrogens (tertiary/aromatic N) is 1. The minimum absolute atomic E-state index is 1.25. The summed E-state index contributed by atoms with van der Waals surface area (Å²) in [6, 6.07) is 10.9. The minimum atomic E-state index is 1.25. The Bertz CT molecular complexity index is 312. The van der Waals surface area contributed by atoms with Crippen LogP contribution in [0.25, 0.3) is 0 Å². The van der Waals surface area contributed by atoms with Gasteiger partial charge in [0.25, 0.3) is 0 Å². The van der Waals surface area contributed by atoms with Crippen LogP contribution in [0.4, 0.5) is 0 Å². The SMILES string of the molecule is C[N+]1(CCCCCc2ccccc2)CCCC1. The maximum Gasteiger partial charge on any atom is 0.0786 e. The Morgan fingerprint density at radius 2 is 1.65 bits per heavy atom. The first kappa shape index (κ1) is 12.6. The van der Waals surface area contributed by atoms with Crippen molar-refractivity contribution in [2.75, 3.05) is 26.7 Å². The highest BCUT2D eigenvalue weighted by Gasteiger charge is 2.25. The number of rotatable bonds is 6. The first-order valence-electron chi connectivity index (χ1n) is 7.16. The van der Waals surface area contributed by atoms with Crippen LogP contribution >= 0.6 is 0 Å². The third-order valence-electron chi connectivity index (χ3n) is 4.15. The minimum Gasteiger partial charge on any atom is -0.326 e. The standard InChI is InChI=1S/C16H26N/c1-17(14-8-9-15-17)13-7-3-6-12-16-10-4-2-5-11-16/h2,4-5,10-11H,3,6-9,12-15H2,1H3/q+1. The van der Waals surface area contributed by atoms with Crippen molar-refractivity contribution in [2.45, 2.75) is 38.5 Å². The van der Waals surface area contributed by atoms with Gasteiger partial charge in [-0.3, -0.25) is 0 Å². The summed E-state index contributed by atoms with van der Waals surface area (Å²) in [7, 11) is 2.43. The van der Waals surface area contributed by atoms with Gasteiger partial charge in [-0.1, -0.05) is 30.3 Å². The van der Waals surface area contributed by atoms with E-state index in [9.17, 15) is 0 Å². The molecule has 1 aromatic carbocycles. The second kappa shape index (κ2) is 6.20. The molecule has 0 aliphatic carbocycles. The zero-order valence-electron chi connectivity index (χ0n) is 11.2. The fourth-order valence-corrected chi connectivity index (χ4v) is 2.97. The van der Waals surface area contributed by atoms with Crippen LogP contribution < -0.4 is 0 Å². The number of hydrogen-bond acceptors (Lipinski definition) is 0. The molecule has 1 saturated heterocycles. The van der Waals surface area contributed by atoms with E-state index in [1.165, 1.54) is 68.2 Å². The van der Waals surface area contributed by atoms with Crippen LogP contribution in [0.2, 0.25) is 0 Å². The number of quaternary nitrogens is 1. The van der Waals surface area contributed by atoms with Gasteiger partial charge in [0.1, 0.15) is 0 Å². The Labute approximate surface area is 106 Å². The fourth-order valence-electron chi connectivity index (χ4n) is 2.97. The van der Waals surface area contributed by atoms with Gasteiger partial charge in [-0.25, -0.2) is 0 Å². The molecule has 0 aromatic heterocycles. The third-order valence-corrected chi connectivity index (χ3v) is 4.15. The molecule has 94 valence electrons. The molecule has 0 bridgehead atoms. The summed E-state index contributed by atoms with van der Waals surface area (Å²) in [5.41, 5.74) is 1.49. The average Bonchev–Trinajstić information content (AvgIpc) is 2.77. The summed E-state index contributed by atoms with van der Waals surface area (Å²) in [6.07, 6.45) is 8.29. The van der Waals surface area contributed by atoms with Crippen LogP contribution in [-0.4, -0.2) is 31.2 Å². The quantitative estimate of drug-likeness (QED) is 0.519. The molecule has 17 heavy (non-hydrogen) atoms. The van der Waals surface area contributed by atoms with E-state index in [2.05, 4.69) is 37.4 Å². The number of unbranched alkanes of at least 4 members (excludes halogenated alkanes) is 2. The van der Waals surface area contributed by atoms with Gasteiger partial charge in [0.2, 0.25) is 0 Å². The van der Waals surface area contributed by atoms with Gasteiger partial charge in [-0.05, 0) is 31.2 Å². The van der Waals surface area contributed by atoms with Crippen LogP contribution in [0.3, 0.4) is 0 Å². The second-order valence-corrected chi connectivity index (χ2v) is 5.79. The molecule has 2 rings (SSSR count). The molecular weight excluding hydrogens is 206 g/mol. The van der Waals surface area contributed by atoms with Crippen molar-refractivity contribution in [1.82, 2.24) is 0 Å².